The molecule has 0 radical (unpaired) electrons. The standard InChI is InChI=1S/C14H21NS/c1-10(2)12-4-6-13(7-5-12)14-15-9-8-11(3)16-14/h4-7,10-11,14-15H,8-9H2,1-3H3. The summed E-state index contributed by atoms with van der Waals surface area (Å²) in [5.74, 6) is 0.625. The molecule has 2 heteroatoms. The zero-order valence-electron chi connectivity index (χ0n) is 10.4. The molecule has 2 atom stereocenters. The van der Waals surface area contributed by atoms with Crippen LogP contribution >= 0.6 is 11.8 Å². The SMILES string of the molecule is CC1CCNC(c2ccc(C(C)C)cc2)S1. The molecule has 1 aliphatic rings. The van der Waals surface area contributed by atoms with Crippen molar-refractivity contribution < 1.29 is 0 Å². The molecule has 0 bridgehead atoms. The van der Waals surface area contributed by atoms with E-state index in [9.17, 15) is 0 Å². The number of nitrogens with one attached hydrogen (secondary N) is 1. The van der Waals surface area contributed by atoms with Gasteiger partial charge in [0.1, 0.15) is 0 Å². The molecule has 1 saturated heterocycles. The normalized spacial score (nSPS) is 26.0. The van der Waals surface area contributed by atoms with Gasteiger partial charge in [-0.05, 0) is 30.0 Å². The first-order valence-electron chi connectivity index (χ1n) is 6.15. The minimum Gasteiger partial charge on any atom is -0.302 e. The van der Waals surface area contributed by atoms with Crippen LogP contribution in [0.5, 0.6) is 0 Å². The molecule has 2 unspecified atom stereocenters. The topological polar surface area (TPSA) is 12.0 Å². The average Bonchev–Trinajstić information content (AvgIpc) is 2.29. The van der Waals surface area contributed by atoms with Crippen molar-refractivity contribution in [1.82, 2.24) is 5.32 Å². The minimum atomic E-state index is 0.491. The smallest absolute Gasteiger partial charge is 0.0792 e. The zero-order chi connectivity index (χ0) is 11.5. The van der Waals surface area contributed by atoms with Crippen molar-refractivity contribution in [2.75, 3.05) is 6.54 Å². The highest BCUT2D eigenvalue weighted by molar-refractivity contribution is 8.00. The van der Waals surface area contributed by atoms with Crippen LogP contribution in [-0.2, 0) is 0 Å². The van der Waals surface area contributed by atoms with Crippen LogP contribution in [0.3, 0.4) is 0 Å². The van der Waals surface area contributed by atoms with E-state index in [2.05, 4.69) is 50.4 Å². The number of rotatable bonds is 2. The van der Waals surface area contributed by atoms with Gasteiger partial charge in [0, 0.05) is 5.25 Å². The van der Waals surface area contributed by atoms with Crippen LogP contribution in [0, 0.1) is 0 Å². The Balaban J connectivity index is 2.09. The maximum absolute atomic E-state index is 3.58. The Morgan fingerprint density at radius 1 is 1.25 bits per heavy atom. The van der Waals surface area contributed by atoms with E-state index in [0.29, 0.717) is 11.3 Å². The second-order valence-electron chi connectivity index (χ2n) is 4.89. The van der Waals surface area contributed by atoms with Crippen molar-refractivity contribution in [3.63, 3.8) is 0 Å². The van der Waals surface area contributed by atoms with Gasteiger partial charge in [0.05, 0.1) is 5.37 Å². The summed E-state index contributed by atoms with van der Waals surface area (Å²) in [6.45, 7) is 7.95. The van der Waals surface area contributed by atoms with Crippen LogP contribution in [0.15, 0.2) is 24.3 Å². The third-order valence-corrected chi connectivity index (χ3v) is 4.57. The highest BCUT2D eigenvalue weighted by Gasteiger charge is 2.19. The lowest BCUT2D eigenvalue weighted by Crippen LogP contribution is -2.28. The van der Waals surface area contributed by atoms with Crippen LogP contribution in [0.1, 0.15) is 49.6 Å². The molecule has 1 aliphatic heterocycles. The van der Waals surface area contributed by atoms with Gasteiger partial charge in [-0.3, -0.25) is 0 Å². The van der Waals surface area contributed by atoms with Crippen molar-refractivity contribution >= 4 is 11.8 Å². The van der Waals surface area contributed by atoms with Gasteiger partial charge in [-0.15, -0.1) is 11.8 Å². The van der Waals surface area contributed by atoms with Crippen molar-refractivity contribution in [3.8, 4) is 0 Å². The van der Waals surface area contributed by atoms with E-state index in [1.807, 2.05) is 11.8 Å². The molecule has 0 saturated carbocycles. The summed E-state index contributed by atoms with van der Waals surface area (Å²) in [6.07, 6.45) is 1.28. The molecule has 1 nitrogen and oxygen atoms in total. The first-order chi connectivity index (χ1) is 7.66. The molecule has 2 rings (SSSR count). The number of hydrogen-bond donors (Lipinski definition) is 1. The van der Waals surface area contributed by atoms with Gasteiger partial charge in [0.2, 0.25) is 0 Å². The number of hydrogen-bond acceptors (Lipinski definition) is 2. The fraction of sp³-hybridized carbons (Fsp3) is 0.571. The number of thioether (sulfide) groups is 1. The van der Waals surface area contributed by atoms with Gasteiger partial charge in [0.15, 0.2) is 0 Å². The molecule has 1 aromatic carbocycles. The highest BCUT2D eigenvalue weighted by Crippen LogP contribution is 2.34. The molecule has 1 aromatic rings. The van der Waals surface area contributed by atoms with E-state index in [0.717, 1.165) is 11.8 Å². The van der Waals surface area contributed by atoms with Crippen molar-refractivity contribution in [2.24, 2.45) is 0 Å². The first kappa shape index (κ1) is 12.0. The monoisotopic (exact) mass is 235 g/mol. The van der Waals surface area contributed by atoms with Crippen molar-refractivity contribution in [3.05, 3.63) is 35.4 Å². The summed E-state index contributed by atoms with van der Waals surface area (Å²) < 4.78 is 0. The summed E-state index contributed by atoms with van der Waals surface area (Å²) in [4.78, 5) is 0. The van der Waals surface area contributed by atoms with Crippen LogP contribution in [-0.4, -0.2) is 11.8 Å². The summed E-state index contributed by atoms with van der Waals surface area (Å²) in [7, 11) is 0. The Morgan fingerprint density at radius 2 is 1.94 bits per heavy atom. The molecular weight excluding hydrogens is 214 g/mol. The molecule has 1 fully saturated rings. The lowest BCUT2D eigenvalue weighted by molar-refractivity contribution is 0.605. The quantitative estimate of drug-likeness (QED) is 0.833. The fourth-order valence-electron chi connectivity index (χ4n) is 2.02. The largest absolute Gasteiger partial charge is 0.302 e. The highest BCUT2D eigenvalue weighted by atomic mass is 32.2. The Kier molecular flexibility index (Phi) is 3.93. The average molecular weight is 235 g/mol. The summed E-state index contributed by atoms with van der Waals surface area (Å²) >= 11 is 2.04. The van der Waals surface area contributed by atoms with Gasteiger partial charge in [0.25, 0.3) is 0 Å². The second kappa shape index (κ2) is 5.24. The van der Waals surface area contributed by atoms with Crippen LogP contribution in [0.2, 0.25) is 0 Å². The first-order valence-corrected chi connectivity index (χ1v) is 7.10. The van der Waals surface area contributed by atoms with E-state index in [1.54, 1.807) is 0 Å². The molecule has 0 amide bonds. The van der Waals surface area contributed by atoms with E-state index in [-0.39, 0.29) is 0 Å². The van der Waals surface area contributed by atoms with Gasteiger partial charge in [-0.2, -0.15) is 0 Å². The minimum absolute atomic E-state index is 0.491. The Morgan fingerprint density at radius 3 is 2.50 bits per heavy atom. The van der Waals surface area contributed by atoms with E-state index < -0.39 is 0 Å². The molecule has 1 N–H and O–H groups in total. The number of benzene rings is 1. The third-order valence-electron chi connectivity index (χ3n) is 3.15. The lowest BCUT2D eigenvalue weighted by atomic mass is 10.0. The van der Waals surface area contributed by atoms with Gasteiger partial charge in [-0.1, -0.05) is 45.0 Å². The molecule has 1 heterocycles. The third kappa shape index (κ3) is 2.80. The molecule has 0 spiro atoms. The van der Waals surface area contributed by atoms with Gasteiger partial charge >= 0.3 is 0 Å². The second-order valence-corrected chi connectivity index (χ2v) is 6.44. The zero-order valence-corrected chi connectivity index (χ0v) is 11.2. The lowest BCUT2D eigenvalue weighted by Gasteiger charge is -2.28. The van der Waals surface area contributed by atoms with Gasteiger partial charge < -0.3 is 5.32 Å². The van der Waals surface area contributed by atoms with Crippen molar-refractivity contribution in [1.29, 1.82) is 0 Å². The van der Waals surface area contributed by atoms with Crippen LogP contribution < -0.4 is 5.32 Å². The maximum atomic E-state index is 3.58. The Labute approximate surface area is 103 Å². The summed E-state index contributed by atoms with van der Waals surface area (Å²) in [5, 5.41) is 4.84. The molecular formula is C14H21NS. The van der Waals surface area contributed by atoms with E-state index in [4.69, 9.17) is 0 Å². The molecule has 16 heavy (non-hydrogen) atoms. The summed E-state index contributed by atoms with van der Waals surface area (Å²) in [5.41, 5.74) is 2.85. The predicted molar refractivity (Wildman–Crippen MR) is 72.9 cm³/mol. The fourth-order valence-corrected chi connectivity index (χ4v) is 3.27. The molecule has 0 aliphatic carbocycles. The van der Waals surface area contributed by atoms with E-state index >= 15 is 0 Å². The summed E-state index contributed by atoms with van der Waals surface area (Å²) in [6, 6.07) is 9.08. The van der Waals surface area contributed by atoms with Crippen molar-refractivity contribution in [2.45, 2.75) is 43.7 Å². The van der Waals surface area contributed by atoms with Crippen LogP contribution in [0.4, 0.5) is 0 Å². The maximum Gasteiger partial charge on any atom is 0.0792 e. The molecule has 88 valence electrons. The molecule has 0 aromatic heterocycles. The Hall–Kier alpha value is -0.470. The Bertz CT molecular complexity index is 331. The van der Waals surface area contributed by atoms with Crippen LogP contribution in [0.25, 0.3) is 0 Å². The van der Waals surface area contributed by atoms with Gasteiger partial charge in [-0.25, -0.2) is 0 Å². The van der Waals surface area contributed by atoms with E-state index in [1.165, 1.54) is 17.5 Å². The predicted octanol–water partition coefficient (Wildman–Crippen LogP) is 3.92.